The molecular weight excluding hydrogens is 338 g/mol. The van der Waals surface area contributed by atoms with Crippen LogP contribution in [0.15, 0.2) is 45.8 Å². The maximum Gasteiger partial charge on any atom is 0.364 e. The summed E-state index contributed by atoms with van der Waals surface area (Å²) in [5, 5.41) is 12.1. The number of nitroso groups, excluding NO2 is 1. The summed E-state index contributed by atoms with van der Waals surface area (Å²) in [4.78, 5) is 22.3. The van der Waals surface area contributed by atoms with E-state index >= 15 is 0 Å². The Morgan fingerprint density at radius 2 is 1.75 bits per heavy atom. The van der Waals surface area contributed by atoms with Crippen molar-refractivity contribution in [3.05, 3.63) is 46.2 Å². The Balaban J connectivity index is 2.91. The van der Waals surface area contributed by atoms with E-state index in [-0.39, 0.29) is 4.90 Å². The molecule has 1 aromatic rings. The number of nitrogens with zero attached hydrogens (tertiary/aromatic N) is 1. The number of benzene rings is 1. The van der Waals surface area contributed by atoms with Crippen LogP contribution in [0.4, 0.5) is 0 Å². The minimum absolute atomic E-state index is 0.126. The van der Waals surface area contributed by atoms with Crippen molar-refractivity contribution in [2.75, 3.05) is 6.61 Å². The van der Waals surface area contributed by atoms with E-state index in [9.17, 15) is 23.2 Å². The molecule has 8 nitrogen and oxygen atoms in total. The van der Waals surface area contributed by atoms with Crippen LogP contribution in [0.2, 0.25) is 0 Å². The standard InChI is InChI=1S/C15H19NO7S/c1-10-5-7-11(8-6-10)24(20,21)22-9-12(17)13(16-19)14(18)23-15(2,3)4/h5-8,17H,9H2,1-4H3. The van der Waals surface area contributed by atoms with Crippen molar-refractivity contribution in [1.82, 2.24) is 0 Å². The summed E-state index contributed by atoms with van der Waals surface area (Å²) in [6.45, 7) is 5.54. The number of hydrogen-bond acceptors (Lipinski definition) is 8. The highest BCUT2D eigenvalue weighted by molar-refractivity contribution is 7.86. The molecule has 1 aromatic carbocycles. The lowest BCUT2D eigenvalue weighted by Gasteiger charge is -2.19. The van der Waals surface area contributed by atoms with Gasteiger partial charge in [0.25, 0.3) is 10.1 Å². The first-order valence-electron chi connectivity index (χ1n) is 6.91. The second kappa shape index (κ2) is 7.54. The highest BCUT2D eigenvalue weighted by atomic mass is 32.2. The van der Waals surface area contributed by atoms with Gasteiger partial charge in [-0.3, -0.25) is 4.18 Å². The van der Waals surface area contributed by atoms with Crippen molar-refractivity contribution in [3.63, 3.8) is 0 Å². The normalized spacial score (nSPS) is 13.2. The number of aliphatic hydroxyl groups is 1. The predicted molar refractivity (Wildman–Crippen MR) is 85.6 cm³/mol. The number of aliphatic hydroxyl groups excluding tert-OH is 1. The maximum absolute atomic E-state index is 12.0. The average molecular weight is 357 g/mol. The van der Waals surface area contributed by atoms with Crippen molar-refractivity contribution < 1.29 is 27.2 Å². The van der Waals surface area contributed by atoms with Gasteiger partial charge in [0.05, 0.1) is 4.90 Å². The van der Waals surface area contributed by atoms with E-state index in [0.717, 1.165) is 5.56 Å². The summed E-state index contributed by atoms with van der Waals surface area (Å²) >= 11 is 0. The molecule has 1 N–H and O–H groups in total. The molecule has 24 heavy (non-hydrogen) atoms. The molecule has 0 aliphatic rings. The zero-order chi connectivity index (χ0) is 18.5. The monoisotopic (exact) mass is 357 g/mol. The van der Waals surface area contributed by atoms with Gasteiger partial charge in [0.1, 0.15) is 12.2 Å². The third-order valence-electron chi connectivity index (χ3n) is 2.62. The molecule has 0 aliphatic heterocycles. The molecule has 0 aromatic heterocycles. The molecule has 0 saturated heterocycles. The van der Waals surface area contributed by atoms with Crippen LogP contribution in [-0.2, 0) is 23.8 Å². The molecule has 132 valence electrons. The number of carbonyl (C=O) groups excluding carboxylic acids is 1. The van der Waals surface area contributed by atoms with Crippen molar-refractivity contribution >= 4 is 16.1 Å². The van der Waals surface area contributed by atoms with Gasteiger partial charge in [0.2, 0.25) is 5.70 Å². The van der Waals surface area contributed by atoms with Gasteiger partial charge >= 0.3 is 5.97 Å². The molecule has 0 bridgehead atoms. The fourth-order valence-corrected chi connectivity index (χ4v) is 2.38. The summed E-state index contributed by atoms with van der Waals surface area (Å²) in [6, 6.07) is 5.81. The van der Waals surface area contributed by atoms with Gasteiger partial charge < -0.3 is 9.84 Å². The van der Waals surface area contributed by atoms with E-state index in [4.69, 9.17) is 4.74 Å². The summed E-state index contributed by atoms with van der Waals surface area (Å²) in [5.74, 6) is -2.11. The fourth-order valence-electron chi connectivity index (χ4n) is 1.51. The molecule has 0 atom stereocenters. The summed E-state index contributed by atoms with van der Waals surface area (Å²) in [5.41, 5.74) is -1.000. The average Bonchev–Trinajstić information content (AvgIpc) is 2.44. The molecule has 0 saturated carbocycles. The molecule has 0 unspecified atom stereocenters. The minimum Gasteiger partial charge on any atom is -0.507 e. The Labute approximate surface area is 140 Å². The Kier molecular flexibility index (Phi) is 6.22. The second-order valence-corrected chi connectivity index (χ2v) is 7.53. The van der Waals surface area contributed by atoms with Crippen LogP contribution >= 0.6 is 0 Å². The highest BCUT2D eigenvalue weighted by Gasteiger charge is 2.25. The lowest BCUT2D eigenvalue weighted by Crippen LogP contribution is -2.25. The van der Waals surface area contributed by atoms with Crippen molar-refractivity contribution in [3.8, 4) is 0 Å². The van der Waals surface area contributed by atoms with E-state index in [0.29, 0.717) is 0 Å². The molecule has 0 radical (unpaired) electrons. The van der Waals surface area contributed by atoms with Crippen LogP contribution in [0.5, 0.6) is 0 Å². The van der Waals surface area contributed by atoms with Crippen LogP contribution < -0.4 is 0 Å². The molecule has 0 fully saturated rings. The molecule has 1 rings (SSSR count). The van der Waals surface area contributed by atoms with E-state index in [1.165, 1.54) is 12.1 Å². The number of carbonyl (C=O) groups is 1. The molecule has 0 aliphatic carbocycles. The first kappa shape index (κ1) is 19.8. The third-order valence-corrected chi connectivity index (χ3v) is 3.89. The summed E-state index contributed by atoms with van der Waals surface area (Å²) < 4.78 is 33.5. The Morgan fingerprint density at radius 1 is 1.21 bits per heavy atom. The van der Waals surface area contributed by atoms with E-state index in [2.05, 4.69) is 9.36 Å². The van der Waals surface area contributed by atoms with Gasteiger partial charge in [-0.15, -0.1) is 4.91 Å². The number of rotatable bonds is 6. The van der Waals surface area contributed by atoms with Gasteiger partial charge in [0.15, 0.2) is 5.76 Å². The topological polar surface area (TPSA) is 119 Å². The minimum atomic E-state index is -4.16. The first-order chi connectivity index (χ1) is 11.0. The summed E-state index contributed by atoms with van der Waals surface area (Å²) in [6.07, 6.45) is 0. The molecule has 0 spiro atoms. The Bertz CT molecular complexity index is 743. The van der Waals surface area contributed by atoms with Gasteiger partial charge in [-0.05, 0) is 45.0 Å². The van der Waals surface area contributed by atoms with E-state index in [1.54, 1.807) is 39.8 Å². The van der Waals surface area contributed by atoms with E-state index in [1.807, 2.05) is 0 Å². The Hall–Kier alpha value is -2.26. The quantitative estimate of drug-likeness (QED) is 0.273. The maximum atomic E-state index is 12.0. The molecule has 9 heteroatoms. The third kappa shape index (κ3) is 5.74. The largest absolute Gasteiger partial charge is 0.507 e. The summed E-state index contributed by atoms with van der Waals surface area (Å²) in [7, 11) is -4.16. The Morgan fingerprint density at radius 3 is 2.21 bits per heavy atom. The first-order valence-corrected chi connectivity index (χ1v) is 8.32. The second-order valence-electron chi connectivity index (χ2n) is 5.92. The molecule has 0 heterocycles. The number of hydrogen-bond donors (Lipinski definition) is 1. The number of ether oxygens (including phenoxy) is 1. The van der Waals surface area contributed by atoms with Crippen molar-refractivity contribution in [2.24, 2.45) is 5.18 Å². The number of aryl methyl sites for hydroxylation is 1. The number of esters is 1. The van der Waals surface area contributed by atoms with E-state index < -0.39 is 39.8 Å². The highest BCUT2D eigenvalue weighted by Crippen LogP contribution is 2.17. The van der Waals surface area contributed by atoms with Crippen LogP contribution in [0.3, 0.4) is 0 Å². The van der Waals surface area contributed by atoms with Crippen molar-refractivity contribution in [1.29, 1.82) is 0 Å². The van der Waals surface area contributed by atoms with Gasteiger partial charge in [-0.2, -0.15) is 8.42 Å². The van der Waals surface area contributed by atoms with Gasteiger partial charge in [0, 0.05) is 0 Å². The van der Waals surface area contributed by atoms with Gasteiger partial charge in [-0.25, -0.2) is 4.79 Å². The van der Waals surface area contributed by atoms with Crippen LogP contribution in [0.1, 0.15) is 26.3 Å². The lowest BCUT2D eigenvalue weighted by atomic mass is 10.2. The molecule has 0 amide bonds. The smallest absolute Gasteiger partial charge is 0.364 e. The predicted octanol–water partition coefficient (Wildman–Crippen LogP) is 2.58. The fraction of sp³-hybridized carbons (Fsp3) is 0.400. The van der Waals surface area contributed by atoms with Crippen LogP contribution in [0, 0.1) is 11.8 Å². The van der Waals surface area contributed by atoms with Crippen LogP contribution in [0.25, 0.3) is 0 Å². The molecular formula is C15H19NO7S. The zero-order valence-corrected chi connectivity index (χ0v) is 14.6. The zero-order valence-electron chi connectivity index (χ0n) is 13.8. The van der Waals surface area contributed by atoms with Crippen molar-refractivity contribution in [2.45, 2.75) is 38.2 Å². The van der Waals surface area contributed by atoms with Crippen LogP contribution in [-0.4, -0.2) is 31.7 Å². The lowest BCUT2D eigenvalue weighted by molar-refractivity contribution is -0.150. The van der Waals surface area contributed by atoms with Gasteiger partial charge in [-0.1, -0.05) is 17.7 Å². The SMILES string of the molecule is Cc1ccc(S(=O)(=O)OCC(O)=C(N=O)C(=O)OC(C)(C)C)cc1.